The predicted octanol–water partition coefficient (Wildman–Crippen LogP) is 2.89. The highest BCUT2D eigenvalue weighted by Gasteiger charge is 2.44. The smallest absolute Gasteiger partial charge is 0.264 e. The van der Waals surface area contributed by atoms with Gasteiger partial charge in [0.1, 0.15) is 5.75 Å². The molecule has 3 N–H and O–H groups in total. The molecule has 0 aromatic heterocycles. The van der Waals surface area contributed by atoms with E-state index in [2.05, 4.69) is 4.90 Å². The molecule has 1 aliphatic heterocycles. The number of hydrogen-bond donors (Lipinski definition) is 3. The zero-order valence-electron chi connectivity index (χ0n) is 18.7. The number of aliphatic hydroxyl groups excluding tert-OH is 1. The Kier molecular flexibility index (Phi) is 6.79. The number of carbonyl (C=O) groups excluding carboxylic acids is 1. The first-order chi connectivity index (χ1) is 15.9. The van der Waals surface area contributed by atoms with Crippen LogP contribution in [0.3, 0.4) is 0 Å². The Bertz CT molecular complexity index is 1020. The third-order valence-corrected chi connectivity index (χ3v) is 6.44. The summed E-state index contributed by atoms with van der Waals surface area (Å²) in [5.74, 6) is -0.300. The molecule has 1 fully saturated rings. The number of β-amino-alcohol motifs (C(OH)–C–C–N with tert-alkyl or cyclic N) is 1. The second kappa shape index (κ2) is 9.75. The number of aromatic hydroxyl groups is 1. The van der Waals surface area contributed by atoms with E-state index in [1.807, 2.05) is 12.1 Å². The molecule has 3 aromatic rings. The lowest BCUT2D eigenvalue weighted by Crippen LogP contribution is -2.49. The van der Waals surface area contributed by atoms with Crippen LogP contribution in [0.4, 0.5) is 0 Å². The summed E-state index contributed by atoms with van der Waals surface area (Å²) >= 11 is 0. The van der Waals surface area contributed by atoms with Crippen molar-refractivity contribution >= 4 is 5.91 Å². The average molecular weight is 447 g/mol. The van der Waals surface area contributed by atoms with Crippen molar-refractivity contribution in [3.05, 3.63) is 102 Å². The zero-order valence-corrected chi connectivity index (χ0v) is 18.7. The van der Waals surface area contributed by atoms with Crippen molar-refractivity contribution in [1.82, 2.24) is 9.80 Å². The normalized spacial score (nSPS) is 17.6. The number of likely N-dealkylation sites (tertiary alicyclic amines) is 1. The largest absolute Gasteiger partial charge is 0.508 e. The molecule has 33 heavy (non-hydrogen) atoms. The quantitative estimate of drug-likeness (QED) is 0.520. The first kappa shape index (κ1) is 23.0. The number of benzene rings is 3. The number of nitrogens with zero attached hydrogens (tertiary/aromatic N) is 2. The van der Waals surface area contributed by atoms with Crippen LogP contribution < -0.4 is 0 Å². The van der Waals surface area contributed by atoms with Gasteiger partial charge in [0.25, 0.3) is 5.91 Å². The zero-order chi connectivity index (χ0) is 23.4. The minimum Gasteiger partial charge on any atom is -0.508 e. The summed E-state index contributed by atoms with van der Waals surface area (Å²) in [7, 11) is 1.70. The van der Waals surface area contributed by atoms with Crippen molar-refractivity contribution in [1.29, 1.82) is 0 Å². The van der Waals surface area contributed by atoms with Crippen LogP contribution in [-0.4, -0.2) is 63.8 Å². The van der Waals surface area contributed by atoms with Crippen molar-refractivity contribution in [3.63, 3.8) is 0 Å². The summed E-state index contributed by atoms with van der Waals surface area (Å²) in [5.41, 5.74) is -0.0338. The van der Waals surface area contributed by atoms with Crippen molar-refractivity contribution in [2.75, 3.05) is 26.7 Å². The maximum Gasteiger partial charge on any atom is 0.264 e. The minimum absolute atomic E-state index is 0.146. The van der Waals surface area contributed by atoms with Crippen LogP contribution >= 0.6 is 0 Å². The molecule has 6 heteroatoms. The molecular formula is C27H30N2O4. The maximum atomic E-state index is 14.0. The highest BCUT2D eigenvalue weighted by Crippen LogP contribution is 2.35. The summed E-state index contributed by atoms with van der Waals surface area (Å²) in [6.45, 7) is 1.78. The molecule has 1 heterocycles. The molecule has 0 radical (unpaired) electrons. The topological polar surface area (TPSA) is 84.2 Å². The molecule has 1 aliphatic rings. The Morgan fingerprint density at radius 3 is 2.03 bits per heavy atom. The maximum absolute atomic E-state index is 14.0. The van der Waals surface area contributed by atoms with Crippen molar-refractivity contribution in [2.45, 2.75) is 24.2 Å². The fourth-order valence-electron chi connectivity index (χ4n) is 4.54. The number of carbonyl (C=O) groups is 1. The fraction of sp³-hybridized carbons (Fsp3) is 0.296. The van der Waals surface area contributed by atoms with E-state index < -0.39 is 11.5 Å². The van der Waals surface area contributed by atoms with Crippen LogP contribution in [0.15, 0.2) is 84.9 Å². The fourth-order valence-corrected chi connectivity index (χ4v) is 4.54. The molecule has 2 atom stereocenters. The van der Waals surface area contributed by atoms with E-state index in [-0.39, 0.29) is 17.9 Å². The van der Waals surface area contributed by atoms with Gasteiger partial charge in [0, 0.05) is 26.7 Å². The molecule has 0 unspecified atom stereocenters. The standard InChI is InChI=1S/C27H30N2O4/c1-28(25(19-29-17-16-24(31)18-29)20-12-14-23(30)15-13-20)26(32)27(33,21-8-4-2-5-9-21)22-10-6-3-7-11-22/h2-15,24-25,30-31,33H,16-19H2,1H3/t24-,25+/m0/s1. The molecule has 172 valence electrons. The number of aliphatic hydroxyl groups is 2. The summed E-state index contributed by atoms with van der Waals surface area (Å²) in [6.07, 6.45) is 0.315. The van der Waals surface area contributed by atoms with Crippen LogP contribution in [0.25, 0.3) is 0 Å². The van der Waals surface area contributed by atoms with Gasteiger partial charge in [0.15, 0.2) is 5.60 Å². The highest BCUT2D eigenvalue weighted by atomic mass is 16.3. The number of phenolic OH excluding ortho intramolecular Hbond substituents is 1. The third kappa shape index (κ3) is 4.78. The molecule has 6 nitrogen and oxygen atoms in total. The molecule has 0 aliphatic carbocycles. The van der Waals surface area contributed by atoms with E-state index in [1.54, 1.807) is 84.7 Å². The van der Waals surface area contributed by atoms with Gasteiger partial charge in [-0.15, -0.1) is 0 Å². The van der Waals surface area contributed by atoms with E-state index in [9.17, 15) is 20.1 Å². The van der Waals surface area contributed by atoms with Gasteiger partial charge in [-0.3, -0.25) is 9.69 Å². The van der Waals surface area contributed by atoms with Crippen LogP contribution in [0.2, 0.25) is 0 Å². The van der Waals surface area contributed by atoms with E-state index >= 15 is 0 Å². The SMILES string of the molecule is CN(C(=O)C(O)(c1ccccc1)c1ccccc1)[C@H](CN1CC[C@H](O)C1)c1ccc(O)cc1. The van der Waals surface area contributed by atoms with E-state index in [4.69, 9.17) is 0 Å². The number of amides is 1. The first-order valence-electron chi connectivity index (χ1n) is 11.2. The highest BCUT2D eigenvalue weighted by molar-refractivity contribution is 5.90. The van der Waals surface area contributed by atoms with E-state index in [1.165, 1.54) is 0 Å². The predicted molar refractivity (Wildman–Crippen MR) is 127 cm³/mol. The second-order valence-electron chi connectivity index (χ2n) is 8.67. The molecule has 4 rings (SSSR count). The molecule has 1 saturated heterocycles. The Morgan fingerprint density at radius 1 is 1.00 bits per heavy atom. The van der Waals surface area contributed by atoms with Gasteiger partial charge in [-0.05, 0) is 35.2 Å². The molecule has 3 aromatic carbocycles. The Hall–Kier alpha value is -3.19. The molecule has 1 amide bonds. The summed E-state index contributed by atoms with van der Waals surface area (Å²) in [5, 5.41) is 31.7. The van der Waals surface area contributed by atoms with Gasteiger partial charge in [0.2, 0.25) is 0 Å². The molecule has 0 spiro atoms. The molecular weight excluding hydrogens is 416 g/mol. The molecule has 0 saturated carbocycles. The minimum atomic E-state index is -1.86. The lowest BCUT2D eigenvalue weighted by molar-refractivity contribution is -0.149. The van der Waals surface area contributed by atoms with Crippen LogP contribution in [0.5, 0.6) is 5.75 Å². The van der Waals surface area contributed by atoms with E-state index in [0.717, 1.165) is 12.1 Å². The lowest BCUT2D eigenvalue weighted by atomic mass is 9.84. The van der Waals surface area contributed by atoms with Crippen LogP contribution in [0.1, 0.15) is 29.2 Å². The second-order valence-corrected chi connectivity index (χ2v) is 8.67. The third-order valence-electron chi connectivity index (χ3n) is 6.44. The van der Waals surface area contributed by atoms with Gasteiger partial charge in [-0.25, -0.2) is 0 Å². The van der Waals surface area contributed by atoms with Gasteiger partial charge in [-0.1, -0.05) is 72.8 Å². The summed E-state index contributed by atoms with van der Waals surface area (Å²) < 4.78 is 0. The monoisotopic (exact) mass is 446 g/mol. The molecule has 0 bridgehead atoms. The Morgan fingerprint density at radius 2 is 1.55 bits per heavy atom. The van der Waals surface area contributed by atoms with Gasteiger partial charge < -0.3 is 20.2 Å². The van der Waals surface area contributed by atoms with Crippen molar-refractivity contribution in [2.24, 2.45) is 0 Å². The first-order valence-corrected chi connectivity index (χ1v) is 11.2. The van der Waals surface area contributed by atoms with E-state index in [0.29, 0.717) is 30.6 Å². The van der Waals surface area contributed by atoms with Crippen molar-refractivity contribution in [3.8, 4) is 5.75 Å². The lowest BCUT2D eigenvalue weighted by Gasteiger charge is -2.38. The van der Waals surface area contributed by atoms with Gasteiger partial charge in [0.05, 0.1) is 12.1 Å². The average Bonchev–Trinajstić information content (AvgIpc) is 3.27. The number of rotatable bonds is 7. The van der Waals surface area contributed by atoms with Crippen LogP contribution in [0, 0.1) is 0 Å². The van der Waals surface area contributed by atoms with Crippen LogP contribution in [-0.2, 0) is 10.4 Å². The van der Waals surface area contributed by atoms with Gasteiger partial charge >= 0.3 is 0 Å². The number of hydrogen-bond acceptors (Lipinski definition) is 5. The summed E-state index contributed by atoms with van der Waals surface area (Å²) in [4.78, 5) is 17.7. The van der Waals surface area contributed by atoms with Gasteiger partial charge in [-0.2, -0.15) is 0 Å². The Balaban J connectivity index is 1.73. The number of likely N-dealkylation sites (N-methyl/N-ethyl adjacent to an activating group) is 1. The number of phenols is 1. The Labute approximate surface area is 194 Å². The van der Waals surface area contributed by atoms with Crippen molar-refractivity contribution < 1.29 is 20.1 Å². The summed E-state index contributed by atoms with van der Waals surface area (Å²) in [6, 6.07) is 24.3.